The molecular weight excluding hydrogens is 238 g/mol. The zero-order valence-electron chi connectivity index (χ0n) is 12.4. The SMILES string of the molecule is CCCNc1ccnc(C(=O)NC(C)(CC)CC)c1. The molecule has 0 saturated carbocycles. The van der Waals surface area contributed by atoms with Crippen LogP contribution in [0, 0.1) is 0 Å². The molecule has 0 aliphatic carbocycles. The second-order valence-corrected chi connectivity index (χ2v) is 5.08. The molecule has 106 valence electrons. The van der Waals surface area contributed by atoms with Crippen LogP contribution in [0.15, 0.2) is 18.3 Å². The maximum absolute atomic E-state index is 12.2. The van der Waals surface area contributed by atoms with Gasteiger partial charge in [0.25, 0.3) is 5.91 Å². The minimum Gasteiger partial charge on any atom is -0.385 e. The van der Waals surface area contributed by atoms with E-state index in [-0.39, 0.29) is 11.4 Å². The quantitative estimate of drug-likeness (QED) is 0.794. The Bertz CT molecular complexity index is 414. The van der Waals surface area contributed by atoms with Crippen molar-refractivity contribution in [2.45, 2.75) is 52.5 Å². The van der Waals surface area contributed by atoms with Gasteiger partial charge in [0.15, 0.2) is 0 Å². The standard InChI is InChI=1S/C15H25N3O/c1-5-9-16-12-8-10-17-13(11-12)14(19)18-15(4,6-2)7-3/h8,10-11H,5-7,9H2,1-4H3,(H,16,17)(H,18,19). The number of hydrogen-bond donors (Lipinski definition) is 2. The van der Waals surface area contributed by atoms with Crippen LogP contribution < -0.4 is 10.6 Å². The molecule has 0 radical (unpaired) electrons. The Balaban J connectivity index is 2.76. The number of anilines is 1. The van der Waals surface area contributed by atoms with E-state index in [1.807, 2.05) is 6.07 Å². The molecule has 4 nitrogen and oxygen atoms in total. The van der Waals surface area contributed by atoms with E-state index >= 15 is 0 Å². The van der Waals surface area contributed by atoms with E-state index in [1.165, 1.54) is 0 Å². The lowest BCUT2D eigenvalue weighted by Crippen LogP contribution is -2.45. The highest BCUT2D eigenvalue weighted by Gasteiger charge is 2.23. The lowest BCUT2D eigenvalue weighted by molar-refractivity contribution is 0.0896. The van der Waals surface area contributed by atoms with Gasteiger partial charge in [-0.1, -0.05) is 20.8 Å². The molecule has 1 heterocycles. The summed E-state index contributed by atoms with van der Waals surface area (Å²) in [6.07, 6.45) is 4.53. The number of carbonyl (C=O) groups is 1. The molecule has 0 spiro atoms. The third-order valence-corrected chi connectivity index (χ3v) is 3.55. The van der Waals surface area contributed by atoms with Gasteiger partial charge in [0.1, 0.15) is 5.69 Å². The largest absolute Gasteiger partial charge is 0.385 e. The second-order valence-electron chi connectivity index (χ2n) is 5.08. The zero-order chi connectivity index (χ0) is 14.3. The highest BCUT2D eigenvalue weighted by molar-refractivity contribution is 5.93. The van der Waals surface area contributed by atoms with Crippen molar-refractivity contribution in [3.8, 4) is 0 Å². The predicted octanol–water partition coefficient (Wildman–Crippen LogP) is 3.21. The number of aromatic nitrogens is 1. The van der Waals surface area contributed by atoms with Gasteiger partial charge >= 0.3 is 0 Å². The summed E-state index contributed by atoms with van der Waals surface area (Å²) in [4.78, 5) is 16.4. The topological polar surface area (TPSA) is 54.0 Å². The second kappa shape index (κ2) is 7.12. The van der Waals surface area contributed by atoms with Gasteiger partial charge in [-0.3, -0.25) is 9.78 Å². The van der Waals surface area contributed by atoms with Gasteiger partial charge in [-0.15, -0.1) is 0 Å². The van der Waals surface area contributed by atoms with Crippen molar-refractivity contribution in [1.82, 2.24) is 10.3 Å². The van der Waals surface area contributed by atoms with E-state index in [1.54, 1.807) is 12.3 Å². The van der Waals surface area contributed by atoms with Crippen molar-refractivity contribution in [2.24, 2.45) is 0 Å². The molecule has 0 atom stereocenters. The Labute approximate surface area is 116 Å². The minimum absolute atomic E-state index is 0.105. The summed E-state index contributed by atoms with van der Waals surface area (Å²) in [6.45, 7) is 9.22. The van der Waals surface area contributed by atoms with Crippen molar-refractivity contribution < 1.29 is 4.79 Å². The molecule has 0 fully saturated rings. The van der Waals surface area contributed by atoms with Crippen LogP contribution in [0.4, 0.5) is 5.69 Å². The van der Waals surface area contributed by atoms with Gasteiger partial charge < -0.3 is 10.6 Å². The van der Waals surface area contributed by atoms with Gasteiger partial charge in [-0.2, -0.15) is 0 Å². The molecule has 0 bridgehead atoms. The fourth-order valence-electron chi connectivity index (χ4n) is 1.70. The number of pyridine rings is 1. The molecule has 0 aliphatic rings. The van der Waals surface area contributed by atoms with E-state index in [9.17, 15) is 4.79 Å². The van der Waals surface area contributed by atoms with Crippen LogP contribution >= 0.6 is 0 Å². The molecule has 0 aliphatic heterocycles. The normalized spacial score (nSPS) is 11.2. The molecule has 0 saturated heterocycles. The minimum atomic E-state index is -0.161. The Hall–Kier alpha value is -1.58. The lowest BCUT2D eigenvalue weighted by Gasteiger charge is -2.28. The van der Waals surface area contributed by atoms with Crippen molar-refractivity contribution >= 4 is 11.6 Å². The van der Waals surface area contributed by atoms with Crippen molar-refractivity contribution in [3.05, 3.63) is 24.0 Å². The highest BCUT2D eigenvalue weighted by atomic mass is 16.2. The van der Waals surface area contributed by atoms with Crippen molar-refractivity contribution in [3.63, 3.8) is 0 Å². The molecule has 1 aromatic heterocycles. The molecule has 2 N–H and O–H groups in total. The molecule has 0 unspecified atom stereocenters. The summed E-state index contributed by atoms with van der Waals surface area (Å²) in [7, 11) is 0. The first-order valence-corrected chi connectivity index (χ1v) is 7.07. The Morgan fingerprint density at radius 3 is 2.58 bits per heavy atom. The summed E-state index contributed by atoms with van der Waals surface area (Å²) >= 11 is 0. The van der Waals surface area contributed by atoms with Crippen LogP contribution in [-0.4, -0.2) is 23.0 Å². The van der Waals surface area contributed by atoms with Gasteiger partial charge in [-0.05, 0) is 38.3 Å². The van der Waals surface area contributed by atoms with Gasteiger partial charge in [-0.25, -0.2) is 0 Å². The first-order chi connectivity index (χ1) is 9.04. The molecule has 4 heteroatoms. The Morgan fingerprint density at radius 1 is 1.32 bits per heavy atom. The maximum atomic E-state index is 12.2. The van der Waals surface area contributed by atoms with Crippen LogP contribution in [0.3, 0.4) is 0 Å². The Morgan fingerprint density at radius 2 is 2.00 bits per heavy atom. The highest BCUT2D eigenvalue weighted by Crippen LogP contribution is 2.15. The summed E-state index contributed by atoms with van der Waals surface area (Å²) in [5.41, 5.74) is 1.25. The van der Waals surface area contributed by atoms with Gasteiger partial charge in [0, 0.05) is 24.0 Å². The summed E-state index contributed by atoms with van der Waals surface area (Å²) < 4.78 is 0. The molecular formula is C15H25N3O. The van der Waals surface area contributed by atoms with E-state index in [0.717, 1.165) is 31.5 Å². The van der Waals surface area contributed by atoms with Crippen LogP contribution in [0.2, 0.25) is 0 Å². The van der Waals surface area contributed by atoms with Crippen LogP contribution in [0.25, 0.3) is 0 Å². The van der Waals surface area contributed by atoms with Gasteiger partial charge in [0.2, 0.25) is 0 Å². The maximum Gasteiger partial charge on any atom is 0.270 e. The van der Waals surface area contributed by atoms with Crippen LogP contribution in [-0.2, 0) is 0 Å². The molecule has 19 heavy (non-hydrogen) atoms. The molecule has 0 aromatic carbocycles. The summed E-state index contributed by atoms with van der Waals surface area (Å²) in [5.74, 6) is -0.105. The number of hydrogen-bond acceptors (Lipinski definition) is 3. The summed E-state index contributed by atoms with van der Waals surface area (Å²) in [6, 6.07) is 3.68. The molecule has 1 aromatic rings. The predicted molar refractivity (Wildman–Crippen MR) is 79.5 cm³/mol. The number of carbonyl (C=O) groups excluding carboxylic acids is 1. The summed E-state index contributed by atoms with van der Waals surface area (Å²) in [5, 5.41) is 6.32. The first-order valence-electron chi connectivity index (χ1n) is 7.07. The lowest BCUT2D eigenvalue weighted by atomic mass is 9.95. The third-order valence-electron chi connectivity index (χ3n) is 3.55. The monoisotopic (exact) mass is 263 g/mol. The van der Waals surface area contributed by atoms with Crippen molar-refractivity contribution in [1.29, 1.82) is 0 Å². The Kier molecular flexibility index (Phi) is 5.80. The third kappa shape index (κ3) is 4.54. The zero-order valence-corrected chi connectivity index (χ0v) is 12.4. The van der Waals surface area contributed by atoms with E-state index in [2.05, 4.69) is 43.3 Å². The van der Waals surface area contributed by atoms with E-state index < -0.39 is 0 Å². The van der Waals surface area contributed by atoms with Crippen LogP contribution in [0.5, 0.6) is 0 Å². The average Bonchev–Trinajstić information content (AvgIpc) is 2.45. The number of amides is 1. The van der Waals surface area contributed by atoms with E-state index in [4.69, 9.17) is 0 Å². The fraction of sp³-hybridized carbons (Fsp3) is 0.600. The van der Waals surface area contributed by atoms with E-state index in [0.29, 0.717) is 5.69 Å². The van der Waals surface area contributed by atoms with Gasteiger partial charge in [0.05, 0.1) is 0 Å². The number of rotatable bonds is 7. The smallest absolute Gasteiger partial charge is 0.270 e. The number of nitrogens with one attached hydrogen (secondary N) is 2. The number of nitrogens with zero attached hydrogens (tertiary/aromatic N) is 1. The average molecular weight is 263 g/mol. The molecule has 1 rings (SSSR count). The molecule has 1 amide bonds. The fourth-order valence-corrected chi connectivity index (χ4v) is 1.70. The van der Waals surface area contributed by atoms with Crippen LogP contribution in [0.1, 0.15) is 57.4 Å². The van der Waals surface area contributed by atoms with Crippen molar-refractivity contribution in [2.75, 3.05) is 11.9 Å². The first kappa shape index (κ1) is 15.5.